The fourth-order valence-corrected chi connectivity index (χ4v) is 6.01. The van der Waals surface area contributed by atoms with Crippen LogP contribution in [0.3, 0.4) is 0 Å². The molecule has 1 heterocycles. The molecule has 3 aromatic carbocycles. The van der Waals surface area contributed by atoms with Crippen LogP contribution in [-0.2, 0) is 14.8 Å². The average molecular weight is 576 g/mol. The van der Waals surface area contributed by atoms with Gasteiger partial charge in [0.05, 0.1) is 28.9 Å². The van der Waals surface area contributed by atoms with E-state index in [1.54, 1.807) is 42.5 Å². The summed E-state index contributed by atoms with van der Waals surface area (Å²) in [6.45, 7) is 5.41. The van der Waals surface area contributed by atoms with E-state index in [0.29, 0.717) is 40.0 Å². The second kappa shape index (κ2) is 11.5. The van der Waals surface area contributed by atoms with Crippen molar-refractivity contribution in [2.45, 2.75) is 32.7 Å². The van der Waals surface area contributed by atoms with Crippen molar-refractivity contribution >= 4 is 49.8 Å². The highest BCUT2D eigenvalue weighted by molar-refractivity contribution is 7.92. The molecule has 0 saturated heterocycles. The van der Waals surface area contributed by atoms with Gasteiger partial charge in [-0.15, -0.1) is 0 Å². The molecule has 0 atom stereocenters. The summed E-state index contributed by atoms with van der Waals surface area (Å²) in [5, 5.41) is 14.5. The fourth-order valence-electron chi connectivity index (χ4n) is 4.59. The standard InChI is InChI=1S/C30H33N5O5S/c1-5-17-32-27(36)20-11-16-23-24(18-20)34-28(37)25(23)26(19-9-7-6-8-10-19)33-21-12-14-22(15-13-21)35(41(4,39)40)30(2,3)29(31)38/h6-16,18,34,37H,5,17H2,1-4H3,(H2,31,38)(H,32,36). The third-order valence-corrected chi connectivity index (χ3v) is 7.96. The van der Waals surface area contributed by atoms with Gasteiger partial charge < -0.3 is 21.1 Å². The monoisotopic (exact) mass is 575 g/mol. The van der Waals surface area contributed by atoms with Crippen LogP contribution in [0.4, 0.5) is 11.4 Å². The van der Waals surface area contributed by atoms with Crippen LogP contribution in [-0.4, -0.2) is 54.4 Å². The first-order valence-corrected chi connectivity index (χ1v) is 14.9. The normalized spacial score (nSPS) is 12.3. The van der Waals surface area contributed by atoms with Gasteiger partial charge in [0.1, 0.15) is 5.54 Å². The number of aromatic hydroxyl groups is 1. The molecule has 0 aliphatic heterocycles. The lowest BCUT2D eigenvalue weighted by Gasteiger charge is -2.35. The summed E-state index contributed by atoms with van der Waals surface area (Å²) in [5.41, 5.74) is 7.39. The maximum atomic E-state index is 12.6. The van der Waals surface area contributed by atoms with Gasteiger partial charge in [0, 0.05) is 28.6 Å². The second-order valence-electron chi connectivity index (χ2n) is 10.2. The molecule has 0 fully saturated rings. The molecular formula is C30H33N5O5S. The molecule has 0 bridgehead atoms. The van der Waals surface area contributed by atoms with Gasteiger partial charge in [-0.2, -0.15) is 0 Å². The van der Waals surface area contributed by atoms with Crippen molar-refractivity contribution in [3.05, 3.63) is 89.5 Å². The number of amides is 2. The smallest absolute Gasteiger partial charge is 0.251 e. The van der Waals surface area contributed by atoms with Gasteiger partial charge in [-0.05, 0) is 56.7 Å². The first-order valence-electron chi connectivity index (χ1n) is 13.0. The largest absolute Gasteiger partial charge is 0.494 e. The molecule has 4 aromatic rings. The number of benzene rings is 3. The second-order valence-corrected chi connectivity index (χ2v) is 12.0. The van der Waals surface area contributed by atoms with Gasteiger partial charge in [-0.25, -0.2) is 13.4 Å². The molecule has 2 amide bonds. The van der Waals surface area contributed by atoms with Gasteiger partial charge in [-0.3, -0.25) is 13.9 Å². The summed E-state index contributed by atoms with van der Waals surface area (Å²) in [6.07, 6.45) is 1.82. The molecule has 0 spiro atoms. The number of nitrogens with one attached hydrogen (secondary N) is 2. The number of carbonyl (C=O) groups excluding carboxylic acids is 2. The van der Waals surface area contributed by atoms with Crippen molar-refractivity contribution < 1.29 is 23.1 Å². The minimum atomic E-state index is -3.85. The number of carbonyl (C=O) groups is 2. The Bertz CT molecular complexity index is 1730. The lowest BCUT2D eigenvalue weighted by molar-refractivity contribution is -0.121. The number of nitrogens with zero attached hydrogens (tertiary/aromatic N) is 2. The third-order valence-electron chi connectivity index (χ3n) is 6.63. The number of sulfonamides is 1. The van der Waals surface area contributed by atoms with E-state index in [-0.39, 0.29) is 17.5 Å². The number of fused-ring (bicyclic) bond motifs is 1. The predicted octanol–water partition coefficient (Wildman–Crippen LogP) is 4.21. The highest BCUT2D eigenvalue weighted by Gasteiger charge is 2.39. The van der Waals surface area contributed by atoms with E-state index < -0.39 is 21.5 Å². The molecule has 0 saturated carbocycles. The van der Waals surface area contributed by atoms with Gasteiger partial charge in [0.15, 0.2) is 5.88 Å². The number of hydrogen-bond acceptors (Lipinski definition) is 6. The van der Waals surface area contributed by atoms with Crippen LogP contribution >= 0.6 is 0 Å². The van der Waals surface area contributed by atoms with Crippen LogP contribution in [0.25, 0.3) is 10.9 Å². The first kappa shape index (κ1) is 29.3. The Morgan fingerprint density at radius 3 is 2.27 bits per heavy atom. The Hall–Kier alpha value is -4.64. The van der Waals surface area contributed by atoms with Crippen LogP contribution < -0.4 is 15.4 Å². The Morgan fingerprint density at radius 2 is 1.68 bits per heavy atom. The van der Waals surface area contributed by atoms with Crippen molar-refractivity contribution in [3.8, 4) is 5.88 Å². The van der Waals surface area contributed by atoms with E-state index in [2.05, 4.69) is 10.3 Å². The van der Waals surface area contributed by atoms with Crippen LogP contribution in [0.5, 0.6) is 5.88 Å². The summed E-state index contributed by atoms with van der Waals surface area (Å²) in [7, 11) is -3.85. The molecular weight excluding hydrogens is 542 g/mol. The quantitative estimate of drug-likeness (QED) is 0.208. The molecule has 10 nitrogen and oxygen atoms in total. The number of primary amides is 1. The van der Waals surface area contributed by atoms with E-state index in [9.17, 15) is 23.1 Å². The van der Waals surface area contributed by atoms with Gasteiger partial charge in [-0.1, -0.05) is 43.3 Å². The van der Waals surface area contributed by atoms with Crippen molar-refractivity contribution in [1.82, 2.24) is 10.3 Å². The summed E-state index contributed by atoms with van der Waals surface area (Å²) in [4.78, 5) is 32.4. The third kappa shape index (κ3) is 6.09. The van der Waals surface area contributed by atoms with Crippen LogP contribution in [0.15, 0.2) is 77.8 Å². The number of aromatic nitrogens is 1. The zero-order valence-corrected chi connectivity index (χ0v) is 24.1. The lowest BCUT2D eigenvalue weighted by Crippen LogP contribution is -2.55. The highest BCUT2D eigenvalue weighted by Crippen LogP contribution is 2.33. The maximum Gasteiger partial charge on any atom is 0.251 e. The Labute approximate surface area is 239 Å². The van der Waals surface area contributed by atoms with E-state index in [1.807, 2.05) is 37.3 Å². The Balaban J connectivity index is 1.82. The fraction of sp³-hybridized carbons (Fsp3) is 0.233. The minimum Gasteiger partial charge on any atom is -0.494 e. The molecule has 0 unspecified atom stereocenters. The van der Waals surface area contributed by atoms with Gasteiger partial charge in [0.2, 0.25) is 15.9 Å². The van der Waals surface area contributed by atoms with Gasteiger partial charge >= 0.3 is 0 Å². The molecule has 0 aliphatic carbocycles. The number of H-pyrrole nitrogens is 1. The van der Waals surface area contributed by atoms with Crippen molar-refractivity contribution in [3.63, 3.8) is 0 Å². The van der Waals surface area contributed by atoms with E-state index in [1.165, 1.54) is 13.8 Å². The van der Waals surface area contributed by atoms with Crippen molar-refractivity contribution in [2.24, 2.45) is 10.7 Å². The minimum absolute atomic E-state index is 0.114. The summed E-state index contributed by atoms with van der Waals surface area (Å²) in [5.74, 6) is -1.11. The van der Waals surface area contributed by atoms with Crippen molar-refractivity contribution in [1.29, 1.82) is 0 Å². The first-order chi connectivity index (χ1) is 19.3. The lowest BCUT2D eigenvalue weighted by atomic mass is 10.00. The molecule has 1 aromatic heterocycles. The SMILES string of the molecule is CCCNC(=O)c1ccc2c(C(=Nc3ccc(N(C(C)(C)C(N)=O)S(C)(=O)=O)cc3)c3ccccc3)c(O)[nH]c2c1. The average Bonchev–Trinajstić information content (AvgIpc) is 3.25. The van der Waals surface area contributed by atoms with E-state index in [4.69, 9.17) is 10.7 Å². The number of aromatic amines is 1. The summed E-state index contributed by atoms with van der Waals surface area (Å²) in [6, 6.07) is 20.8. The Kier molecular flexibility index (Phi) is 8.20. The highest BCUT2D eigenvalue weighted by atomic mass is 32.2. The number of nitrogens with two attached hydrogens (primary N) is 1. The van der Waals surface area contributed by atoms with E-state index >= 15 is 0 Å². The summed E-state index contributed by atoms with van der Waals surface area (Å²) >= 11 is 0. The van der Waals surface area contributed by atoms with Crippen LogP contribution in [0.1, 0.15) is 48.7 Å². The molecule has 0 radical (unpaired) electrons. The number of hydrogen-bond donors (Lipinski definition) is 4. The topological polar surface area (TPSA) is 158 Å². The zero-order valence-electron chi connectivity index (χ0n) is 23.3. The molecule has 11 heteroatoms. The number of rotatable bonds is 10. The number of aliphatic imine (C=N–C) groups is 1. The molecule has 4 rings (SSSR count). The summed E-state index contributed by atoms with van der Waals surface area (Å²) < 4.78 is 26.2. The molecule has 41 heavy (non-hydrogen) atoms. The van der Waals surface area contributed by atoms with Crippen molar-refractivity contribution in [2.75, 3.05) is 17.1 Å². The maximum absolute atomic E-state index is 12.6. The van der Waals surface area contributed by atoms with Crippen LogP contribution in [0, 0.1) is 0 Å². The Morgan fingerprint density at radius 1 is 1.02 bits per heavy atom. The zero-order chi connectivity index (χ0) is 29.9. The number of anilines is 1. The van der Waals surface area contributed by atoms with E-state index in [0.717, 1.165) is 22.5 Å². The van der Waals surface area contributed by atoms with Gasteiger partial charge in [0.25, 0.3) is 5.91 Å². The predicted molar refractivity (Wildman–Crippen MR) is 161 cm³/mol. The molecule has 0 aliphatic rings. The van der Waals surface area contributed by atoms with Crippen LogP contribution in [0.2, 0.25) is 0 Å². The molecule has 5 N–H and O–H groups in total. The molecule has 214 valence electrons.